The molecule has 0 atom stereocenters. The lowest BCUT2D eigenvalue weighted by atomic mass is 10.1. The van der Waals surface area contributed by atoms with Gasteiger partial charge in [-0.2, -0.15) is 10.1 Å². The molecule has 3 heterocycles. The molecule has 1 aliphatic heterocycles. The van der Waals surface area contributed by atoms with Crippen molar-refractivity contribution >= 4 is 52.0 Å². The van der Waals surface area contributed by atoms with Crippen molar-refractivity contribution in [3.63, 3.8) is 0 Å². The average Bonchev–Trinajstić information content (AvgIpc) is 3.15. The van der Waals surface area contributed by atoms with Crippen molar-refractivity contribution in [1.29, 1.82) is 0 Å². The first-order valence-electron chi connectivity index (χ1n) is 10.5. The molecule has 168 valence electrons. The van der Waals surface area contributed by atoms with Crippen LogP contribution in [0, 0.1) is 6.92 Å². The van der Waals surface area contributed by atoms with Crippen LogP contribution in [0.3, 0.4) is 0 Å². The van der Waals surface area contributed by atoms with E-state index in [4.69, 9.17) is 12.2 Å². The molecular formula is C24H18N6O3S. The molecule has 0 unspecified atom stereocenters. The van der Waals surface area contributed by atoms with Crippen LogP contribution in [-0.2, 0) is 14.4 Å². The van der Waals surface area contributed by atoms with Crippen molar-refractivity contribution in [3.8, 4) is 16.9 Å². The Morgan fingerprint density at radius 1 is 0.941 bits per heavy atom. The fourth-order valence-electron chi connectivity index (χ4n) is 3.93. The first-order valence-corrected chi connectivity index (χ1v) is 10.9. The van der Waals surface area contributed by atoms with E-state index in [1.54, 1.807) is 4.68 Å². The average molecular weight is 471 g/mol. The van der Waals surface area contributed by atoms with Crippen LogP contribution < -0.4 is 4.90 Å². The van der Waals surface area contributed by atoms with Crippen molar-refractivity contribution in [2.24, 2.45) is 0 Å². The second kappa shape index (κ2) is 8.23. The van der Waals surface area contributed by atoms with E-state index in [0.29, 0.717) is 22.4 Å². The highest BCUT2D eigenvalue weighted by Gasteiger charge is 2.40. The summed E-state index contributed by atoms with van der Waals surface area (Å²) >= 11 is 5.36. The normalized spacial score (nSPS) is 14.2. The van der Waals surface area contributed by atoms with Gasteiger partial charge in [0.05, 0.1) is 22.5 Å². The molecule has 10 heteroatoms. The smallest absolute Gasteiger partial charge is 0.245 e. The molecule has 0 radical (unpaired) electrons. The summed E-state index contributed by atoms with van der Waals surface area (Å²) in [6, 6.07) is 18.9. The minimum Gasteiger partial charge on any atom is -0.274 e. The summed E-state index contributed by atoms with van der Waals surface area (Å²) in [7, 11) is 0. The summed E-state index contributed by atoms with van der Waals surface area (Å²) in [4.78, 5) is 48.5. The highest BCUT2D eigenvalue weighted by atomic mass is 32.1. The van der Waals surface area contributed by atoms with Crippen molar-refractivity contribution in [1.82, 2.24) is 24.6 Å². The zero-order valence-electron chi connectivity index (χ0n) is 18.3. The number of hydrogen-bond acceptors (Lipinski definition) is 7. The number of anilines is 1. The Balaban J connectivity index is 1.80. The molecule has 1 saturated heterocycles. The molecule has 2 aromatic heterocycles. The Hall–Kier alpha value is -4.31. The van der Waals surface area contributed by atoms with E-state index in [0.717, 1.165) is 21.1 Å². The molecule has 5 rings (SSSR count). The van der Waals surface area contributed by atoms with Crippen LogP contribution in [0.1, 0.15) is 19.0 Å². The first-order chi connectivity index (χ1) is 16.4. The Kier molecular flexibility index (Phi) is 5.21. The van der Waals surface area contributed by atoms with E-state index in [9.17, 15) is 14.4 Å². The number of aromatic nitrogens is 4. The Bertz CT molecular complexity index is 1480. The minimum absolute atomic E-state index is 0.0304. The molecule has 0 N–H and O–H groups in total. The van der Waals surface area contributed by atoms with Crippen molar-refractivity contribution in [2.75, 3.05) is 4.90 Å². The number of aryl methyl sites for hydroxylation is 1. The zero-order chi connectivity index (χ0) is 24.0. The van der Waals surface area contributed by atoms with Crippen LogP contribution in [0.5, 0.6) is 0 Å². The van der Waals surface area contributed by atoms with E-state index in [-0.39, 0.29) is 11.1 Å². The Morgan fingerprint density at radius 2 is 1.59 bits per heavy atom. The van der Waals surface area contributed by atoms with E-state index in [1.165, 1.54) is 6.92 Å². The van der Waals surface area contributed by atoms with E-state index < -0.39 is 24.1 Å². The largest absolute Gasteiger partial charge is 0.274 e. The summed E-state index contributed by atoms with van der Waals surface area (Å²) in [5.41, 5.74) is 3.30. The number of nitrogens with zero attached hydrogens (tertiary/aromatic N) is 6. The maximum Gasteiger partial charge on any atom is 0.245 e. The standard InChI is InChI=1S/C24H18N6O3S/c1-14-20-21(16-9-5-3-6-10-16)25-23(26-22(20)30(27-14)17-11-7-4-8-12-17)29-19(33)13-18(32)28(15(2)31)24(29)34/h3-12H,13H2,1-2H3. The predicted molar refractivity (Wildman–Crippen MR) is 129 cm³/mol. The fourth-order valence-corrected chi connectivity index (χ4v) is 4.35. The number of para-hydroxylation sites is 1. The molecule has 0 saturated carbocycles. The summed E-state index contributed by atoms with van der Waals surface area (Å²) in [5.74, 6) is -1.89. The number of carbonyl (C=O) groups excluding carboxylic acids is 3. The summed E-state index contributed by atoms with van der Waals surface area (Å²) in [6.45, 7) is 3.08. The van der Waals surface area contributed by atoms with Gasteiger partial charge in [-0.3, -0.25) is 14.4 Å². The lowest BCUT2D eigenvalue weighted by Gasteiger charge is -2.32. The van der Waals surface area contributed by atoms with Crippen LogP contribution in [0.2, 0.25) is 0 Å². The second-order valence-electron chi connectivity index (χ2n) is 7.71. The molecular weight excluding hydrogens is 452 g/mol. The van der Waals surface area contributed by atoms with Gasteiger partial charge in [0.25, 0.3) is 0 Å². The quantitative estimate of drug-likeness (QED) is 0.335. The van der Waals surface area contributed by atoms with Crippen molar-refractivity contribution in [3.05, 3.63) is 66.4 Å². The monoisotopic (exact) mass is 470 g/mol. The molecule has 4 aromatic rings. The van der Waals surface area contributed by atoms with Crippen molar-refractivity contribution < 1.29 is 14.4 Å². The number of rotatable bonds is 3. The maximum atomic E-state index is 12.9. The molecule has 34 heavy (non-hydrogen) atoms. The van der Waals surface area contributed by atoms with Gasteiger partial charge < -0.3 is 0 Å². The lowest BCUT2D eigenvalue weighted by Crippen LogP contribution is -2.57. The Morgan fingerprint density at radius 3 is 2.24 bits per heavy atom. The van der Waals surface area contributed by atoms with E-state index >= 15 is 0 Å². The lowest BCUT2D eigenvalue weighted by molar-refractivity contribution is -0.141. The van der Waals surface area contributed by atoms with Gasteiger partial charge in [-0.05, 0) is 31.3 Å². The SMILES string of the molecule is CC(=O)N1C(=O)CC(=O)N(c2nc(-c3ccccc3)c3c(C)nn(-c4ccccc4)c3n2)C1=S. The summed E-state index contributed by atoms with van der Waals surface area (Å²) in [6.07, 6.45) is -0.515. The van der Waals surface area contributed by atoms with Crippen LogP contribution in [0.15, 0.2) is 60.7 Å². The van der Waals surface area contributed by atoms with Crippen LogP contribution in [0.25, 0.3) is 28.0 Å². The third kappa shape index (κ3) is 3.44. The van der Waals surface area contributed by atoms with Gasteiger partial charge >= 0.3 is 0 Å². The van der Waals surface area contributed by atoms with Crippen LogP contribution >= 0.6 is 12.2 Å². The molecule has 0 spiro atoms. The van der Waals surface area contributed by atoms with E-state index in [2.05, 4.69) is 15.1 Å². The topological polar surface area (TPSA) is 101 Å². The van der Waals surface area contributed by atoms with Gasteiger partial charge in [0.15, 0.2) is 10.8 Å². The molecule has 1 aliphatic rings. The third-order valence-electron chi connectivity index (χ3n) is 5.44. The van der Waals surface area contributed by atoms with Gasteiger partial charge in [0.2, 0.25) is 23.7 Å². The first kappa shape index (κ1) is 21.5. The Labute approximate surface area is 199 Å². The molecule has 0 bridgehead atoms. The van der Waals surface area contributed by atoms with Gasteiger partial charge in [0.1, 0.15) is 6.42 Å². The summed E-state index contributed by atoms with van der Waals surface area (Å²) < 4.78 is 1.67. The third-order valence-corrected chi connectivity index (χ3v) is 5.80. The van der Waals surface area contributed by atoms with Gasteiger partial charge in [-0.1, -0.05) is 48.5 Å². The van der Waals surface area contributed by atoms with Gasteiger partial charge in [0, 0.05) is 12.5 Å². The number of benzene rings is 2. The van der Waals surface area contributed by atoms with Crippen LogP contribution in [-0.4, -0.2) is 47.5 Å². The summed E-state index contributed by atoms with van der Waals surface area (Å²) in [5, 5.41) is 5.13. The number of thiocarbonyl (C=S) groups is 1. The predicted octanol–water partition coefficient (Wildman–Crippen LogP) is 3.19. The maximum absolute atomic E-state index is 12.9. The molecule has 9 nitrogen and oxygen atoms in total. The molecule has 3 amide bonds. The number of amides is 3. The molecule has 0 aliphatic carbocycles. The highest BCUT2D eigenvalue weighted by Crippen LogP contribution is 2.33. The number of fused-ring (bicyclic) bond motifs is 1. The molecule has 1 fully saturated rings. The molecule has 2 aromatic carbocycles. The zero-order valence-corrected chi connectivity index (χ0v) is 19.1. The highest BCUT2D eigenvalue weighted by molar-refractivity contribution is 7.80. The number of hydrogen-bond donors (Lipinski definition) is 0. The minimum atomic E-state index is -0.673. The second-order valence-corrected chi connectivity index (χ2v) is 8.07. The number of carbonyl (C=O) groups is 3. The van der Waals surface area contributed by atoms with Crippen LogP contribution in [0.4, 0.5) is 5.95 Å². The van der Waals surface area contributed by atoms with Gasteiger partial charge in [-0.15, -0.1) is 0 Å². The van der Waals surface area contributed by atoms with Crippen molar-refractivity contribution in [2.45, 2.75) is 20.3 Å². The van der Waals surface area contributed by atoms with E-state index in [1.807, 2.05) is 67.6 Å². The fraction of sp³-hybridized carbons (Fsp3) is 0.125. The number of imide groups is 1. The van der Waals surface area contributed by atoms with Gasteiger partial charge in [-0.25, -0.2) is 19.5 Å².